The lowest BCUT2D eigenvalue weighted by atomic mass is 9.85. The van der Waals surface area contributed by atoms with E-state index in [2.05, 4.69) is 5.32 Å². The highest BCUT2D eigenvalue weighted by molar-refractivity contribution is 5.96. The van der Waals surface area contributed by atoms with Crippen molar-refractivity contribution in [1.29, 1.82) is 5.26 Å². The van der Waals surface area contributed by atoms with Gasteiger partial charge in [0.15, 0.2) is 6.61 Å². The van der Waals surface area contributed by atoms with Crippen LogP contribution in [-0.2, 0) is 9.53 Å². The van der Waals surface area contributed by atoms with E-state index in [1.54, 1.807) is 31.2 Å². The molecule has 1 aromatic carbocycles. The van der Waals surface area contributed by atoms with Gasteiger partial charge >= 0.3 is 0 Å². The van der Waals surface area contributed by atoms with Crippen molar-refractivity contribution in [3.05, 3.63) is 24.3 Å². The summed E-state index contributed by atoms with van der Waals surface area (Å²) in [5.41, 5.74) is 5.79. The molecule has 1 fully saturated rings. The van der Waals surface area contributed by atoms with Gasteiger partial charge in [0.2, 0.25) is 5.91 Å². The van der Waals surface area contributed by atoms with Crippen LogP contribution < -0.4 is 15.8 Å². The molecular weight excluding hydrogens is 258 g/mol. The number of nitrogens with zero attached hydrogens (tertiary/aromatic N) is 1. The van der Waals surface area contributed by atoms with Gasteiger partial charge in [-0.15, -0.1) is 0 Å². The number of hydrogen-bond acceptors (Lipinski definition) is 5. The van der Waals surface area contributed by atoms with Gasteiger partial charge in [-0.05, 0) is 19.1 Å². The lowest BCUT2D eigenvalue weighted by Crippen LogP contribution is -2.47. The highest BCUT2D eigenvalue weighted by Crippen LogP contribution is 2.29. The first kappa shape index (κ1) is 14.3. The number of ether oxygens (including phenoxy) is 2. The first-order chi connectivity index (χ1) is 9.56. The molecule has 6 heteroatoms. The molecule has 1 saturated heterocycles. The number of carbonyl (C=O) groups excluding carboxylic acids is 1. The van der Waals surface area contributed by atoms with Crippen LogP contribution in [0, 0.1) is 16.7 Å². The number of rotatable bonds is 4. The molecule has 2 atom stereocenters. The average Bonchev–Trinajstić information content (AvgIpc) is 2.78. The van der Waals surface area contributed by atoms with E-state index in [-0.39, 0.29) is 18.6 Å². The second-order valence-corrected chi connectivity index (χ2v) is 4.97. The monoisotopic (exact) mass is 275 g/mol. The van der Waals surface area contributed by atoms with Gasteiger partial charge in [0.05, 0.1) is 18.6 Å². The van der Waals surface area contributed by atoms with Crippen LogP contribution in [0.3, 0.4) is 0 Å². The molecule has 0 spiro atoms. The smallest absolute Gasteiger partial charge is 0.234 e. The normalized spacial score (nSPS) is 24.9. The van der Waals surface area contributed by atoms with Crippen molar-refractivity contribution in [1.82, 2.24) is 0 Å². The van der Waals surface area contributed by atoms with Crippen LogP contribution in [0.5, 0.6) is 5.75 Å². The number of amides is 1. The van der Waals surface area contributed by atoms with Crippen LogP contribution in [0.2, 0.25) is 0 Å². The van der Waals surface area contributed by atoms with Gasteiger partial charge in [-0.3, -0.25) is 4.79 Å². The van der Waals surface area contributed by atoms with E-state index in [4.69, 9.17) is 20.5 Å². The van der Waals surface area contributed by atoms with E-state index >= 15 is 0 Å². The van der Waals surface area contributed by atoms with Crippen molar-refractivity contribution in [3.63, 3.8) is 0 Å². The van der Waals surface area contributed by atoms with Gasteiger partial charge in [-0.1, -0.05) is 6.07 Å². The standard InChI is InChI=1S/C14H17N3O3/c1-14(9-19-8-12(14)16)13(18)17-10-3-2-4-11(7-10)20-6-5-15/h2-4,7,12H,6,8-9,16H2,1H3,(H,17,18). The minimum atomic E-state index is -0.733. The van der Waals surface area contributed by atoms with Crippen molar-refractivity contribution in [2.45, 2.75) is 13.0 Å². The molecule has 1 heterocycles. The molecule has 2 unspecified atom stereocenters. The van der Waals surface area contributed by atoms with Crippen LogP contribution in [0.4, 0.5) is 5.69 Å². The molecular formula is C14H17N3O3. The number of anilines is 1. The van der Waals surface area contributed by atoms with Crippen molar-refractivity contribution >= 4 is 11.6 Å². The molecule has 6 nitrogen and oxygen atoms in total. The van der Waals surface area contributed by atoms with Gasteiger partial charge in [-0.2, -0.15) is 5.26 Å². The molecule has 1 aliphatic heterocycles. The summed E-state index contributed by atoms with van der Waals surface area (Å²) >= 11 is 0. The van der Waals surface area contributed by atoms with Crippen molar-refractivity contribution in [2.75, 3.05) is 25.1 Å². The summed E-state index contributed by atoms with van der Waals surface area (Å²) in [5, 5.41) is 11.3. The first-order valence-electron chi connectivity index (χ1n) is 6.31. The largest absolute Gasteiger partial charge is 0.479 e. The van der Waals surface area contributed by atoms with Crippen LogP contribution in [-0.4, -0.2) is 31.8 Å². The van der Waals surface area contributed by atoms with Crippen molar-refractivity contribution in [3.8, 4) is 11.8 Å². The van der Waals surface area contributed by atoms with Crippen LogP contribution >= 0.6 is 0 Å². The maximum Gasteiger partial charge on any atom is 0.234 e. The van der Waals surface area contributed by atoms with Gasteiger partial charge in [0, 0.05) is 17.8 Å². The van der Waals surface area contributed by atoms with Gasteiger partial charge in [-0.25, -0.2) is 0 Å². The van der Waals surface area contributed by atoms with Crippen LogP contribution in [0.1, 0.15) is 6.92 Å². The van der Waals surface area contributed by atoms with Gasteiger partial charge in [0.25, 0.3) is 0 Å². The van der Waals surface area contributed by atoms with E-state index in [1.165, 1.54) is 0 Å². The third kappa shape index (κ3) is 2.90. The van der Waals surface area contributed by atoms with Gasteiger partial charge < -0.3 is 20.5 Å². The fourth-order valence-corrected chi connectivity index (χ4v) is 1.98. The molecule has 1 amide bonds. The van der Waals surface area contributed by atoms with E-state index in [0.29, 0.717) is 24.7 Å². The molecule has 0 radical (unpaired) electrons. The Hall–Kier alpha value is -2.10. The minimum absolute atomic E-state index is 0.0339. The Balaban J connectivity index is 2.06. The molecule has 106 valence electrons. The fourth-order valence-electron chi connectivity index (χ4n) is 1.98. The summed E-state index contributed by atoms with van der Waals surface area (Å²) in [6.45, 7) is 2.45. The first-order valence-corrected chi connectivity index (χ1v) is 6.31. The Kier molecular flexibility index (Phi) is 4.23. The Morgan fingerprint density at radius 2 is 2.50 bits per heavy atom. The minimum Gasteiger partial charge on any atom is -0.479 e. The summed E-state index contributed by atoms with van der Waals surface area (Å²) < 4.78 is 10.4. The molecule has 0 aromatic heterocycles. The van der Waals surface area contributed by atoms with Gasteiger partial charge in [0.1, 0.15) is 11.8 Å². The number of nitrogens with one attached hydrogen (secondary N) is 1. The summed E-state index contributed by atoms with van der Waals surface area (Å²) in [5.74, 6) is 0.349. The van der Waals surface area contributed by atoms with Crippen LogP contribution in [0.25, 0.3) is 0 Å². The molecule has 20 heavy (non-hydrogen) atoms. The zero-order valence-electron chi connectivity index (χ0n) is 11.3. The average molecular weight is 275 g/mol. The predicted molar refractivity (Wildman–Crippen MR) is 73.1 cm³/mol. The van der Waals surface area contributed by atoms with E-state index < -0.39 is 5.41 Å². The molecule has 2 rings (SSSR count). The highest BCUT2D eigenvalue weighted by Gasteiger charge is 2.44. The molecule has 0 saturated carbocycles. The maximum absolute atomic E-state index is 12.3. The Morgan fingerprint density at radius 1 is 1.70 bits per heavy atom. The Labute approximate surface area is 117 Å². The van der Waals surface area contributed by atoms with E-state index in [0.717, 1.165) is 0 Å². The summed E-state index contributed by atoms with van der Waals surface area (Å²) in [4.78, 5) is 12.3. The number of nitriles is 1. The SMILES string of the molecule is CC1(C(=O)Nc2cccc(OCC#N)c2)COCC1N. The molecule has 0 bridgehead atoms. The quantitative estimate of drug-likeness (QED) is 0.850. The Bertz CT molecular complexity index is 541. The van der Waals surface area contributed by atoms with Crippen LogP contribution in [0.15, 0.2) is 24.3 Å². The third-order valence-corrected chi connectivity index (χ3v) is 3.43. The second-order valence-electron chi connectivity index (χ2n) is 4.97. The maximum atomic E-state index is 12.3. The molecule has 0 aliphatic carbocycles. The lowest BCUT2D eigenvalue weighted by Gasteiger charge is -2.25. The zero-order chi connectivity index (χ0) is 14.6. The number of carbonyl (C=O) groups is 1. The lowest BCUT2D eigenvalue weighted by molar-refractivity contribution is -0.125. The molecule has 3 N–H and O–H groups in total. The number of nitrogens with two attached hydrogens (primary N) is 1. The fraction of sp³-hybridized carbons (Fsp3) is 0.429. The Morgan fingerprint density at radius 3 is 3.15 bits per heavy atom. The third-order valence-electron chi connectivity index (χ3n) is 3.43. The molecule has 1 aliphatic rings. The molecule has 1 aromatic rings. The zero-order valence-corrected chi connectivity index (χ0v) is 11.3. The number of benzene rings is 1. The topological polar surface area (TPSA) is 97.4 Å². The summed E-state index contributed by atoms with van der Waals surface area (Å²) in [7, 11) is 0. The summed E-state index contributed by atoms with van der Waals surface area (Å²) in [6, 6.07) is 8.46. The van der Waals surface area contributed by atoms with E-state index in [1.807, 2.05) is 6.07 Å². The van der Waals surface area contributed by atoms with Crippen molar-refractivity contribution in [2.24, 2.45) is 11.1 Å². The summed E-state index contributed by atoms with van der Waals surface area (Å²) in [6.07, 6.45) is 0. The second kappa shape index (κ2) is 5.90. The van der Waals surface area contributed by atoms with E-state index in [9.17, 15) is 4.79 Å². The van der Waals surface area contributed by atoms with Crippen molar-refractivity contribution < 1.29 is 14.3 Å². The number of hydrogen-bond donors (Lipinski definition) is 2. The predicted octanol–water partition coefficient (Wildman–Crippen LogP) is 0.891. The highest BCUT2D eigenvalue weighted by atomic mass is 16.5.